The van der Waals surface area contributed by atoms with Crippen molar-refractivity contribution in [1.82, 2.24) is 4.90 Å². The average Bonchev–Trinajstić information content (AvgIpc) is 2.38. The molecule has 0 aromatic rings. The number of likely N-dealkylation sites (tertiary alicyclic amines) is 1. The summed E-state index contributed by atoms with van der Waals surface area (Å²) in [5.41, 5.74) is 0. The lowest BCUT2D eigenvalue weighted by Crippen LogP contribution is -2.30. The number of piperidine rings is 1. The molecule has 0 radical (unpaired) electrons. The summed E-state index contributed by atoms with van der Waals surface area (Å²) in [5.74, 6) is 0. The lowest BCUT2D eigenvalue weighted by atomic mass is 10.1. The standard InChI is InChI=1S/C15H31NO/c17-15-11-6-4-2-1-3-5-8-12-16-13-9-7-10-14-16/h17H,1-15H2. The van der Waals surface area contributed by atoms with E-state index >= 15 is 0 Å². The van der Waals surface area contributed by atoms with Gasteiger partial charge in [0.2, 0.25) is 0 Å². The molecule has 2 heteroatoms. The Morgan fingerprint density at radius 1 is 0.647 bits per heavy atom. The maximum Gasteiger partial charge on any atom is 0.0431 e. The normalized spacial score (nSPS) is 17.5. The molecule has 1 heterocycles. The van der Waals surface area contributed by atoms with Crippen LogP contribution in [0.1, 0.15) is 70.6 Å². The third kappa shape index (κ3) is 8.62. The Morgan fingerprint density at radius 3 is 1.76 bits per heavy atom. The van der Waals surface area contributed by atoms with Crippen molar-refractivity contribution in [2.24, 2.45) is 0 Å². The predicted octanol–water partition coefficient (Wildman–Crippen LogP) is 3.59. The molecule has 1 fully saturated rings. The first kappa shape index (κ1) is 15.0. The van der Waals surface area contributed by atoms with Crippen molar-refractivity contribution < 1.29 is 5.11 Å². The Hall–Kier alpha value is -0.0800. The van der Waals surface area contributed by atoms with Gasteiger partial charge in [-0.1, -0.05) is 44.9 Å². The highest BCUT2D eigenvalue weighted by Gasteiger charge is 2.08. The van der Waals surface area contributed by atoms with Gasteiger partial charge < -0.3 is 10.0 Å². The van der Waals surface area contributed by atoms with E-state index in [4.69, 9.17) is 5.11 Å². The number of unbranched alkanes of at least 4 members (excludes halogenated alkanes) is 7. The molecule has 0 unspecified atom stereocenters. The van der Waals surface area contributed by atoms with Crippen molar-refractivity contribution in [2.75, 3.05) is 26.2 Å². The molecule has 0 bridgehead atoms. The molecule has 1 aliphatic heterocycles. The second-order valence-electron chi connectivity index (χ2n) is 5.45. The Balaban J connectivity index is 1.75. The van der Waals surface area contributed by atoms with Crippen LogP contribution in [0.25, 0.3) is 0 Å². The van der Waals surface area contributed by atoms with Gasteiger partial charge in [0.05, 0.1) is 0 Å². The van der Waals surface area contributed by atoms with Gasteiger partial charge in [-0.3, -0.25) is 0 Å². The number of hydrogen-bond donors (Lipinski definition) is 1. The molecule has 102 valence electrons. The minimum atomic E-state index is 0.371. The Bertz CT molecular complexity index is 155. The maximum atomic E-state index is 8.66. The second-order valence-corrected chi connectivity index (χ2v) is 5.45. The molecule has 1 aliphatic rings. The Kier molecular flexibility index (Phi) is 9.72. The SMILES string of the molecule is OCCCCCCCCCCN1CCCCC1. The molecule has 17 heavy (non-hydrogen) atoms. The summed E-state index contributed by atoms with van der Waals surface area (Å²) in [7, 11) is 0. The van der Waals surface area contributed by atoms with Crippen molar-refractivity contribution >= 4 is 0 Å². The second kappa shape index (κ2) is 11.0. The van der Waals surface area contributed by atoms with Crippen LogP contribution in [0.3, 0.4) is 0 Å². The zero-order valence-corrected chi connectivity index (χ0v) is 11.5. The molecule has 0 atom stereocenters. The molecular weight excluding hydrogens is 210 g/mol. The minimum Gasteiger partial charge on any atom is -0.396 e. The molecule has 0 aromatic heterocycles. The van der Waals surface area contributed by atoms with Crippen LogP contribution >= 0.6 is 0 Å². The summed E-state index contributed by atoms with van der Waals surface area (Å²) in [4.78, 5) is 2.64. The van der Waals surface area contributed by atoms with E-state index in [0.29, 0.717) is 6.61 Å². The number of rotatable bonds is 10. The Morgan fingerprint density at radius 2 is 1.18 bits per heavy atom. The van der Waals surface area contributed by atoms with Gasteiger partial charge in [-0.2, -0.15) is 0 Å². The van der Waals surface area contributed by atoms with Crippen LogP contribution in [0.15, 0.2) is 0 Å². The van der Waals surface area contributed by atoms with Crippen molar-refractivity contribution in [1.29, 1.82) is 0 Å². The highest BCUT2D eigenvalue weighted by molar-refractivity contribution is 4.64. The van der Waals surface area contributed by atoms with Gasteiger partial charge in [-0.25, -0.2) is 0 Å². The van der Waals surface area contributed by atoms with Gasteiger partial charge >= 0.3 is 0 Å². The van der Waals surface area contributed by atoms with E-state index < -0.39 is 0 Å². The van der Waals surface area contributed by atoms with Crippen LogP contribution in [-0.4, -0.2) is 36.2 Å². The average molecular weight is 241 g/mol. The molecule has 0 aliphatic carbocycles. The third-order valence-corrected chi connectivity index (χ3v) is 3.83. The molecule has 1 N–H and O–H groups in total. The van der Waals surface area contributed by atoms with Gasteiger partial charge in [-0.15, -0.1) is 0 Å². The Labute approximate surface area is 107 Å². The number of aliphatic hydroxyl groups excluding tert-OH is 1. The van der Waals surface area contributed by atoms with Crippen LogP contribution in [-0.2, 0) is 0 Å². The largest absolute Gasteiger partial charge is 0.396 e. The summed E-state index contributed by atoms with van der Waals surface area (Å²) in [6.07, 6.45) is 14.8. The number of hydrogen-bond acceptors (Lipinski definition) is 2. The van der Waals surface area contributed by atoms with Gasteiger partial charge in [-0.05, 0) is 45.3 Å². The lowest BCUT2D eigenvalue weighted by molar-refractivity contribution is 0.224. The van der Waals surface area contributed by atoms with E-state index in [0.717, 1.165) is 6.42 Å². The number of aliphatic hydroxyl groups is 1. The highest BCUT2D eigenvalue weighted by atomic mass is 16.2. The molecule has 0 saturated carbocycles. The molecule has 0 spiro atoms. The fourth-order valence-electron chi connectivity index (χ4n) is 2.69. The summed E-state index contributed by atoms with van der Waals surface area (Å²) >= 11 is 0. The fourth-order valence-corrected chi connectivity index (χ4v) is 2.69. The number of nitrogens with zero attached hydrogens (tertiary/aromatic N) is 1. The van der Waals surface area contributed by atoms with Crippen molar-refractivity contribution in [3.8, 4) is 0 Å². The molecule has 0 aromatic carbocycles. The topological polar surface area (TPSA) is 23.5 Å². The first-order valence-corrected chi connectivity index (χ1v) is 7.76. The van der Waals surface area contributed by atoms with Gasteiger partial charge in [0.1, 0.15) is 0 Å². The van der Waals surface area contributed by atoms with Gasteiger partial charge in [0, 0.05) is 6.61 Å². The van der Waals surface area contributed by atoms with Crippen molar-refractivity contribution in [3.05, 3.63) is 0 Å². The van der Waals surface area contributed by atoms with Crippen LogP contribution in [0.5, 0.6) is 0 Å². The molecule has 1 saturated heterocycles. The first-order chi connectivity index (χ1) is 8.43. The highest BCUT2D eigenvalue weighted by Crippen LogP contribution is 2.12. The van der Waals surface area contributed by atoms with Crippen LogP contribution in [0.2, 0.25) is 0 Å². The summed E-state index contributed by atoms with van der Waals surface area (Å²) < 4.78 is 0. The maximum absolute atomic E-state index is 8.66. The van der Waals surface area contributed by atoms with E-state index in [-0.39, 0.29) is 0 Å². The lowest BCUT2D eigenvalue weighted by Gasteiger charge is -2.26. The smallest absolute Gasteiger partial charge is 0.0431 e. The van der Waals surface area contributed by atoms with E-state index in [2.05, 4.69) is 4.90 Å². The van der Waals surface area contributed by atoms with Gasteiger partial charge in [0.15, 0.2) is 0 Å². The van der Waals surface area contributed by atoms with E-state index in [1.807, 2.05) is 0 Å². The van der Waals surface area contributed by atoms with E-state index in [1.165, 1.54) is 83.8 Å². The fraction of sp³-hybridized carbons (Fsp3) is 1.00. The van der Waals surface area contributed by atoms with E-state index in [9.17, 15) is 0 Å². The molecule has 0 amide bonds. The first-order valence-electron chi connectivity index (χ1n) is 7.76. The van der Waals surface area contributed by atoms with Gasteiger partial charge in [0.25, 0.3) is 0 Å². The molecular formula is C15H31NO. The molecule has 1 rings (SSSR count). The van der Waals surface area contributed by atoms with Crippen molar-refractivity contribution in [2.45, 2.75) is 70.6 Å². The minimum absolute atomic E-state index is 0.371. The monoisotopic (exact) mass is 241 g/mol. The molecule has 2 nitrogen and oxygen atoms in total. The quantitative estimate of drug-likeness (QED) is 0.591. The summed E-state index contributed by atoms with van der Waals surface area (Å²) in [6, 6.07) is 0. The predicted molar refractivity (Wildman–Crippen MR) is 74.3 cm³/mol. The van der Waals surface area contributed by atoms with Crippen LogP contribution in [0.4, 0.5) is 0 Å². The van der Waals surface area contributed by atoms with E-state index in [1.54, 1.807) is 0 Å². The zero-order valence-electron chi connectivity index (χ0n) is 11.5. The van der Waals surface area contributed by atoms with Crippen LogP contribution < -0.4 is 0 Å². The van der Waals surface area contributed by atoms with Crippen molar-refractivity contribution in [3.63, 3.8) is 0 Å². The summed E-state index contributed by atoms with van der Waals surface area (Å²) in [6.45, 7) is 4.41. The summed E-state index contributed by atoms with van der Waals surface area (Å²) in [5, 5.41) is 8.66. The zero-order chi connectivity index (χ0) is 12.2. The van der Waals surface area contributed by atoms with Crippen LogP contribution in [0, 0.1) is 0 Å². The third-order valence-electron chi connectivity index (χ3n) is 3.83.